The molecule has 0 aromatic heterocycles. The van der Waals surface area contributed by atoms with Gasteiger partial charge in [-0.1, -0.05) is 23.2 Å². The van der Waals surface area contributed by atoms with E-state index in [1.165, 1.54) is 14.2 Å². The Morgan fingerprint density at radius 3 is 2.62 bits per heavy atom. The molecule has 0 bridgehead atoms. The van der Waals surface area contributed by atoms with Crippen molar-refractivity contribution in [1.29, 1.82) is 0 Å². The van der Waals surface area contributed by atoms with Crippen molar-refractivity contribution >= 4 is 29.3 Å². The summed E-state index contributed by atoms with van der Waals surface area (Å²) in [7, 11) is 2.81. The molecule has 0 heterocycles. The van der Waals surface area contributed by atoms with E-state index < -0.39 is 6.09 Å². The number of halogens is 2. The van der Waals surface area contributed by atoms with Gasteiger partial charge in [-0.2, -0.15) is 0 Å². The van der Waals surface area contributed by atoms with Crippen molar-refractivity contribution in [2.45, 2.75) is 6.54 Å². The smallest absolute Gasteiger partial charge is 0.407 e. The van der Waals surface area contributed by atoms with Crippen LogP contribution in [-0.2, 0) is 11.3 Å². The first-order valence-corrected chi connectivity index (χ1v) is 5.17. The summed E-state index contributed by atoms with van der Waals surface area (Å²) in [6.07, 6.45) is -0.532. The van der Waals surface area contributed by atoms with Crippen LogP contribution in [0.4, 0.5) is 4.79 Å². The second-order valence-corrected chi connectivity index (χ2v) is 3.71. The van der Waals surface area contributed by atoms with Crippen molar-refractivity contribution in [3.8, 4) is 5.75 Å². The van der Waals surface area contributed by atoms with E-state index in [1.54, 1.807) is 12.1 Å². The molecule has 0 atom stereocenters. The number of nitrogens with one attached hydrogen (secondary N) is 1. The van der Waals surface area contributed by atoms with Crippen molar-refractivity contribution < 1.29 is 14.3 Å². The molecule has 1 N–H and O–H groups in total. The second kappa shape index (κ2) is 5.82. The van der Waals surface area contributed by atoms with Crippen LogP contribution in [0, 0.1) is 0 Å². The first-order chi connectivity index (χ1) is 7.58. The molecule has 88 valence electrons. The van der Waals surface area contributed by atoms with E-state index in [0.29, 0.717) is 21.4 Å². The quantitative estimate of drug-likeness (QED) is 0.913. The molecule has 0 unspecified atom stereocenters. The van der Waals surface area contributed by atoms with Gasteiger partial charge in [0.05, 0.1) is 24.3 Å². The molecular weight excluding hydrogens is 253 g/mol. The lowest BCUT2D eigenvalue weighted by atomic mass is 10.2. The van der Waals surface area contributed by atoms with Crippen LogP contribution in [0.5, 0.6) is 5.75 Å². The van der Waals surface area contributed by atoms with Crippen LogP contribution in [0.2, 0.25) is 10.0 Å². The maximum atomic E-state index is 10.9. The molecule has 1 aromatic rings. The summed E-state index contributed by atoms with van der Waals surface area (Å²) in [6, 6.07) is 3.30. The Kier molecular flexibility index (Phi) is 4.71. The predicted octanol–water partition coefficient (Wildman–Crippen LogP) is 2.86. The van der Waals surface area contributed by atoms with Crippen molar-refractivity contribution in [3.05, 3.63) is 27.7 Å². The minimum Gasteiger partial charge on any atom is -0.497 e. The van der Waals surface area contributed by atoms with E-state index in [4.69, 9.17) is 27.9 Å². The molecular formula is C10H11Cl2NO3. The van der Waals surface area contributed by atoms with Gasteiger partial charge < -0.3 is 14.8 Å². The fraction of sp³-hybridized carbons (Fsp3) is 0.300. The molecule has 16 heavy (non-hydrogen) atoms. The highest BCUT2D eigenvalue weighted by Gasteiger charge is 2.09. The highest BCUT2D eigenvalue weighted by Crippen LogP contribution is 2.30. The molecule has 0 aliphatic heterocycles. The van der Waals surface area contributed by atoms with Gasteiger partial charge in [-0.05, 0) is 11.6 Å². The number of ether oxygens (including phenoxy) is 2. The van der Waals surface area contributed by atoms with Gasteiger partial charge >= 0.3 is 6.09 Å². The number of rotatable bonds is 3. The van der Waals surface area contributed by atoms with E-state index in [2.05, 4.69) is 10.1 Å². The molecule has 0 aliphatic rings. The fourth-order valence-electron chi connectivity index (χ4n) is 1.10. The van der Waals surface area contributed by atoms with Gasteiger partial charge in [-0.3, -0.25) is 0 Å². The lowest BCUT2D eigenvalue weighted by molar-refractivity contribution is 0.170. The molecule has 1 amide bonds. The number of amides is 1. The van der Waals surface area contributed by atoms with Crippen LogP contribution < -0.4 is 10.1 Å². The Balaban J connectivity index is 2.86. The molecule has 0 saturated heterocycles. The third kappa shape index (κ3) is 3.18. The van der Waals surface area contributed by atoms with Crippen molar-refractivity contribution in [1.82, 2.24) is 5.32 Å². The molecule has 0 fully saturated rings. The van der Waals surface area contributed by atoms with Gasteiger partial charge in [0.1, 0.15) is 5.75 Å². The molecule has 4 nitrogen and oxygen atoms in total. The molecule has 0 saturated carbocycles. The van der Waals surface area contributed by atoms with E-state index in [-0.39, 0.29) is 6.54 Å². The highest BCUT2D eigenvalue weighted by atomic mass is 35.5. The van der Waals surface area contributed by atoms with Crippen LogP contribution >= 0.6 is 23.2 Å². The zero-order valence-electron chi connectivity index (χ0n) is 8.84. The number of carbonyl (C=O) groups excluding carboxylic acids is 1. The number of alkyl carbamates (subject to hydrolysis) is 1. The van der Waals surface area contributed by atoms with Crippen LogP contribution in [0.3, 0.4) is 0 Å². The molecule has 1 rings (SSSR count). The second-order valence-electron chi connectivity index (χ2n) is 2.93. The van der Waals surface area contributed by atoms with Gasteiger partial charge in [0.25, 0.3) is 0 Å². The summed E-state index contributed by atoms with van der Waals surface area (Å²) in [5, 5.41) is 3.27. The normalized spacial score (nSPS) is 9.75. The van der Waals surface area contributed by atoms with E-state index in [9.17, 15) is 4.79 Å². The maximum absolute atomic E-state index is 10.9. The molecule has 6 heteroatoms. The molecule has 0 spiro atoms. The Morgan fingerprint density at radius 2 is 2.06 bits per heavy atom. The summed E-state index contributed by atoms with van der Waals surface area (Å²) in [5.74, 6) is 0.580. The summed E-state index contributed by atoms with van der Waals surface area (Å²) in [4.78, 5) is 10.9. The minimum atomic E-state index is -0.532. The Morgan fingerprint density at radius 1 is 1.38 bits per heavy atom. The summed E-state index contributed by atoms with van der Waals surface area (Å²) in [6.45, 7) is 0.225. The average Bonchev–Trinajstić information content (AvgIpc) is 2.30. The van der Waals surface area contributed by atoms with Crippen LogP contribution in [0.1, 0.15) is 5.56 Å². The number of carbonyl (C=O) groups is 1. The van der Waals surface area contributed by atoms with E-state index in [0.717, 1.165) is 0 Å². The van der Waals surface area contributed by atoms with E-state index >= 15 is 0 Å². The standard InChI is InChI=1S/C10H11Cl2NO3/c1-15-7-3-6(5-13-10(14)16-2)9(12)8(11)4-7/h3-4H,5H2,1-2H3,(H,13,14). The SMILES string of the molecule is COC(=O)NCc1cc(OC)cc(Cl)c1Cl. The minimum absolute atomic E-state index is 0.225. The summed E-state index contributed by atoms with van der Waals surface area (Å²) >= 11 is 11.9. The first kappa shape index (κ1) is 12.9. The number of benzene rings is 1. The lowest BCUT2D eigenvalue weighted by Gasteiger charge is -2.09. The molecule has 1 aromatic carbocycles. The Labute approximate surface area is 103 Å². The Hall–Kier alpha value is -1.13. The van der Waals surface area contributed by atoms with E-state index in [1.807, 2.05) is 0 Å². The van der Waals surface area contributed by atoms with Crippen molar-refractivity contribution in [2.75, 3.05) is 14.2 Å². The summed E-state index contributed by atoms with van der Waals surface area (Å²) in [5.41, 5.74) is 0.663. The van der Waals surface area contributed by atoms with Crippen LogP contribution in [0.15, 0.2) is 12.1 Å². The van der Waals surface area contributed by atoms with Crippen molar-refractivity contribution in [3.63, 3.8) is 0 Å². The summed E-state index contributed by atoms with van der Waals surface area (Å²) < 4.78 is 9.48. The van der Waals surface area contributed by atoms with Gasteiger partial charge in [0.2, 0.25) is 0 Å². The predicted molar refractivity (Wildman–Crippen MR) is 62.3 cm³/mol. The number of hydrogen-bond acceptors (Lipinski definition) is 3. The zero-order valence-corrected chi connectivity index (χ0v) is 10.4. The third-order valence-electron chi connectivity index (χ3n) is 1.92. The monoisotopic (exact) mass is 263 g/mol. The van der Waals surface area contributed by atoms with Crippen molar-refractivity contribution in [2.24, 2.45) is 0 Å². The number of hydrogen-bond donors (Lipinski definition) is 1. The fourth-order valence-corrected chi connectivity index (χ4v) is 1.51. The maximum Gasteiger partial charge on any atom is 0.407 e. The van der Waals surface area contributed by atoms with Crippen LogP contribution in [0.25, 0.3) is 0 Å². The lowest BCUT2D eigenvalue weighted by Crippen LogP contribution is -2.22. The third-order valence-corrected chi connectivity index (χ3v) is 2.76. The zero-order chi connectivity index (χ0) is 12.1. The van der Waals surface area contributed by atoms with Gasteiger partial charge in [0.15, 0.2) is 0 Å². The van der Waals surface area contributed by atoms with Gasteiger partial charge in [-0.25, -0.2) is 4.79 Å². The molecule has 0 aliphatic carbocycles. The Bertz CT molecular complexity index is 396. The van der Waals surface area contributed by atoms with Gasteiger partial charge in [0, 0.05) is 12.6 Å². The highest BCUT2D eigenvalue weighted by molar-refractivity contribution is 6.42. The molecule has 0 radical (unpaired) electrons. The largest absolute Gasteiger partial charge is 0.497 e. The number of methoxy groups -OCH3 is 2. The van der Waals surface area contributed by atoms with Crippen LogP contribution in [-0.4, -0.2) is 20.3 Å². The van der Waals surface area contributed by atoms with Gasteiger partial charge in [-0.15, -0.1) is 0 Å². The average molecular weight is 264 g/mol. The topological polar surface area (TPSA) is 47.6 Å². The first-order valence-electron chi connectivity index (χ1n) is 4.42.